The number of hydrogen-bond acceptors (Lipinski definition) is 8. The molecule has 0 aromatic carbocycles. The van der Waals surface area contributed by atoms with Crippen LogP contribution >= 0.6 is 0 Å². The van der Waals surface area contributed by atoms with E-state index >= 15 is 0 Å². The van der Waals surface area contributed by atoms with Crippen molar-refractivity contribution in [3.63, 3.8) is 0 Å². The first-order valence-corrected chi connectivity index (χ1v) is 14.7. The molecule has 1 amide bonds. The van der Waals surface area contributed by atoms with Crippen molar-refractivity contribution >= 4 is 11.7 Å². The molecule has 3 aliphatic rings. The number of aromatic nitrogens is 6. The molecule has 0 radical (unpaired) electrons. The van der Waals surface area contributed by atoms with Gasteiger partial charge in [-0.3, -0.25) is 14.4 Å². The van der Waals surface area contributed by atoms with Gasteiger partial charge in [0.2, 0.25) is 5.92 Å². The molecule has 1 saturated carbocycles. The zero-order valence-corrected chi connectivity index (χ0v) is 23.5. The van der Waals surface area contributed by atoms with Gasteiger partial charge in [-0.15, -0.1) is 0 Å². The number of imidazole rings is 1. The molecule has 222 valence electrons. The second-order valence-corrected chi connectivity index (χ2v) is 11.4. The number of carbonyl (C=O) groups is 1. The smallest absolute Gasteiger partial charge is 0.270 e. The van der Waals surface area contributed by atoms with Crippen LogP contribution in [0.5, 0.6) is 0 Å². The maximum Gasteiger partial charge on any atom is 0.270 e. The van der Waals surface area contributed by atoms with Crippen LogP contribution < -0.4 is 5.32 Å². The fourth-order valence-corrected chi connectivity index (χ4v) is 6.25. The van der Waals surface area contributed by atoms with Gasteiger partial charge in [0, 0.05) is 57.8 Å². The first-order chi connectivity index (χ1) is 19.9. The number of amides is 1. The SMILES string of the molecule is Cc1nn2cc(C(NC(=O)c3ccnn3CCN3CCOCC3)C3CCC(F)(F)CC3)nc2nc1C1CCOCC1. The van der Waals surface area contributed by atoms with Crippen LogP contribution in [-0.4, -0.2) is 92.2 Å². The van der Waals surface area contributed by atoms with Crippen LogP contribution in [0.4, 0.5) is 8.78 Å². The predicted octanol–water partition coefficient (Wildman–Crippen LogP) is 3.15. The molecule has 2 saturated heterocycles. The van der Waals surface area contributed by atoms with E-state index in [1.165, 1.54) is 0 Å². The number of rotatable bonds is 8. The number of carbonyl (C=O) groups excluding carboxylic acids is 1. The van der Waals surface area contributed by atoms with Crippen molar-refractivity contribution in [2.24, 2.45) is 5.92 Å². The van der Waals surface area contributed by atoms with Crippen molar-refractivity contribution < 1.29 is 23.0 Å². The number of aryl methyl sites for hydroxylation is 1. The quantitative estimate of drug-likeness (QED) is 0.438. The number of hydrogen-bond donors (Lipinski definition) is 1. The monoisotopic (exact) mass is 572 g/mol. The van der Waals surface area contributed by atoms with Gasteiger partial charge in [0.25, 0.3) is 11.7 Å². The molecule has 11 nitrogen and oxygen atoms in total. The van der Waals surface area contributed by atoms with Crippen molar-refractivity contribution in [1.82, 2.24) is 39.6 Å². The topological polar surface area (TPSA) is 112 Å². The Balaban J connectivity index is 1.24. The minimum absolute atomic E-state index is 0.190. The summed E-state index contributed by atoms with van der Waals surface area (Å²) in [5.41, 5.74) is 2.76. The van der Waals surface area contributed by atoms with Gasteiger partial charge >= 0.3 is 0 Å². The lowest BCUT2D eigenvalue weighted by molar-refractivity contribution is -0.0495. The van der Waals surface area contributed by atoms with Gasteiger partial charge in [0.1, 0.15) is 5.69 Å². The third kappa shape index (κ3) is 6.41. The predicted molar refractivity (Wildman–Crippen MR) is 145 cm³/mol. The Morgan fingerprint density at radius 3 is 2.56 bits per heavy atom. The molecule has 1 unspecified atom stereocenters. The lowest BCUT2D eigenvalue weighted by Gasteiger charge is -2.33. The van der Waals surface area contributed by atoms with Gasteiger partial charge < -0.3 is 14.8 Å². The van der Waals surface area contributed by atoms with Crippen LogP contribution in [0.2, 0.25) is 0 Å². The molecule has 0 bridgehead atoms. The maximum absolute atomic E-state index is 14.1. The van der Waals surface area contributed by atoms with Crippen molar-refractivity contribution in [3.8, 4) is 0 Å². The van der Waals surface area contributed by atoms with Crippen molar-refractivity contribution in [2.45, 2.75) is 69.9 Å². The van der Waals surface area contributed by atoms with Crippen LogP contribution in [0.3, 0.4) is 0 Å². The van der Waals surface area contributed by atoms with E-state index in [4.69, 9.17) is 24.5 Å². The van der Waals surface area contributed by atoms with Crippen molar-refractivity contribution in [1.29, 1.82) is 0 Å². The van der Waals surface area contributed by atoms with E-state index in [1.54, 1.807) is 27.7 Å². The third-order valence-electron chi connectivity index (χ3n) is 8.66. The standard InChI is InChI=1S/C28H38F2N8O3/c1-19-24(21-5-14-40-15-6-21)34-27-32-22(18-38(27)35-19)25(20-2-7-28(29,30)8-3-20)33-26(39)23-4-9-31-37(23)11-10-36-12-16-41-17-13-36/h4,9,18,20-21,25H,2-3,5-8,10-17H2,1H3,(H,33,39). The molecule has 3 aromatic rings. The maximum atomic E-state index is 14.1. The fourth-order valence-electron chi connectivity index (χ4n) is 6.25. The summed E-state index contributed by atoms with van der Waals surface area (Å²) in [4.78, 5) is 25.6. The number of alkyl halides is 2. The molecule has 13 heteroatoms. The van der Waals surface area contributed by atoms with Crippen molar-refractivity contribution in [3.05, 3.63) is 41.2 Å². The Kier molecular flexibility index (Phi) is 8.27. The molecule has 41 heavy (non-hydrogen) atoms. The summed E-state index contributed by atoms with van der Waals surface area (Å²) in [5, 5.41) is 12.2. The molecule has 1 atom stereocenters. The molecule has 0 spiro atoms. The first-order valence-electron chi connectivity index (χ1n) is 14.7. The Morgan fingerprint density at radius 1 is 1.07 bits per heavy atom. The van der Waals surface area contributed by atoms with E-state index < -0.39 is 12.0 Å². The summed E-state index contributed by atoms with van der Waals surface area (Å²) >= 11 is 0. The van der Waals surface area contributed by atoms with Crippen LogP contribution in [0.15, 0.2) is 18.5 Å². The molecule has 1 N–H and O–H groups in total. The van der Waals surface area contributed by atoms with Crippen LogP contribution in [0.25, 0.3) is 5.78 Å². The summed E-state index contributed by atoms with van der Waals surface area (Å²) in [5.74, 6) is -2.47. The minimum Gasteiger partial charge on any atom is -0.381 e. The molecule has 5 heterocycles. The average molecular weight is 573 g/mol. The number of ether oxygens (including phenoxy) is 2. The Hall–Kier alpha value is -3.03. The molecular weight excluding hydrogens is 534 g/mol. The fraction of sp³-hybridized carbons (Fsp3) is 0.679. The first kappa shape index (κ1) is 28.1. The number of morpholine rings is 1. The lowest BCUT2D eigenvalue weighted by Crippen LogP contribution is -2.40. The van der Waals surface area contributed by atoms with E-state index in [1.807, 2.05) is 6.92 Å². The summed E-state index contributed by atoms with van der Waals surface area (Å²) in [6, 6.07) is 1.13. The van der Waals surface area contributed by atoms with Crippen LogP contribution in [-0.2, 0) is 16.0 Å². The molecule has 1 aliphatic carbocycles. The summed E-state index contributed by atoms with van der Waals surface area (Å²) in [6.45, 7) is 7.75. The summed E-state index contributed by atoms with van der Waals surface area (Å²) in [7, 11) is 0. The van der Waals surface area contributed by atoms with E-state index in [-0.39, 0.29) is 43.4 Å². The molecule has 2 aliphatic heterocycles. The normalized spacial score (nSPS) is 21.7. The summed E-state index contributed by atoms with van der Waals surface area (Å²) < 4.78 is 42.5. The zero-order chi connectivity index (χ0) is 28.4. The molecule has 3 aromatic heterocycles. The highest BCUT2D eigenvalue weighted by atomic mass is 19.3. The zero-order valence-electron chi connectivity index (χ0n) is 23.5. The lowest BCUT2D eigenvalue weighted by atomic mass is 9.81. The van der Waals surface area contributed by atoms with Gasteiger partial charge in [-0.1, -0.05) is 0 Å². The minimum atomic E-state index is -2.68. The third-order valence-corrected chi connectivity index (χ3v) is 8.66. The number of nitrogens with one attached hydrogen (secondary N) is 1. The highest BCUT2D eigenvalue weighted by Gasteiger charge is 2.39. The molecule has 3 fully saturated rings. The second kappa shape index (κ2) is 12.1. The average Bonchev–Trinajstić information content (AvgIpc) is 3.62. The second-order valence-electron chi connectivity index (χ2n) is 11.4. The highest BCUT2D eigenvalue weighted by Crippen LogP contribution is 2.41. The van der Waals surface area contributed by atoms with E-state index in [9.17, 15) is 13.6 Å². The number of nitrogens with zero attached hydrogens (tertiary/aromatic N) is 7. The molecule has 6 rings (SSSR count). The van der Waals surface area contributed by atoms with Crippen LogP contribution in [0, 0.1) is 12.8 Å². The van der Waals surface area contributed by atoms with E-state index in [2.05, 4.69) is 15.3 Å². The number of fused-ring (bicyclic) bond motifs is 1. The largest absolute Gasteiger partial charge is 0.381 e. The van der Waals surface area contributed by atoms with E-state index in [0.717, 1.165) is 43.9 Å². The summed E-state index contributed by atoms with van der Waals surface area (Å²) in [6.07, 6.45) is 5.31. The van der Waals surface area contributed by atoms with Gasteiger partial charge in [-0.25, -0.2) is 23.3 Å². The van der Waals surface area contributed by atoms with Crippen LogP contribution in [0.1, 0.15) is 78.1 Å². The number of halogens is 2. The van der Waals surface area contributed by atoms with E-state index in [0.29, 0.717) is 50.1 Å². The Labute approximate surface area is 237 Å². The molecular formula is C28H38F2N8O3. The van der Waals surface area contributed by atoms with Gasteiger partial charge in [-0.2, -0.15) is 10.2 Å². The van der Waals surface area contributed by atoms with Gasteiger partial charge in [0.05, 0.1) is 49.1 Å². The Morgan fingerprint density at radius 2 is 1.80 bits per heavy atom. The van der Waals surface area contributed by atoms with Gasteiger partial charge in [0.15, 0.2) is 0 Å². The Bertz CT molecular complexity index is 1340. The van der Waals surface area contributed by atoms with Gasteiger partial charge in [-0.05, 0) is 44.6 Å². The van der Waals surface area contributed by atoms with Crippen molar-refractivity contribution in [2.75, 3.05) is 46.1 Å². The highest BCUT2D eigenvalue weighted by molar-refractivity contribution is 5.92.